The summed E-state index contributed by atoms with van der Waals surface area (Å²) in [6, 6.07) is 9.04. The summed E-state index contributed by atoms with van der Waals surface area (Å²) in [6.45, 7) is 7.92. The number of anilines is 4. The van der Waals surface area contributed by atoms with E-state index in [-0.39, 0.29) is 29.6 Å². The number of benzene rings is 2. The molecule has 3 aromatic rings. The highest BCUT2D eigenvalue weighted by Crippen LogP contribution is 2.44. The van der Waals surface area contributed by atoms with E-state index in [1.165, 1.54) is 7.11 Å². The van der Waals surface area contributed by atoms with Crippen molar-refractivity contribution in [2.75, 3.05) is 44.6 Å². The third kappa shape index (κ3) is 8.19. The van der Waals surface area contributed by atoms with Crippen LogP contribution in [0.3, 0.4) is 0 Å². The third-order valence-electron chi connectivity index (χ3n) is 8.54. The van der Waals surface area contributed by atoms with Crippen molar-refractivity contribution in [3.8, 4) is 5.75 Å². The lowest BCUT2D eigenvalue weighted by molar-refractivity contribution is -0.137. The highest BCUT2D eigenvalue weighted by Gasteiger charge is 2.37. The highest BCUT2D eigenvalue weighted by atomic mass is 31.2. The maximum absolute atomic E-state index is 14.2. The van der Waals surface area contributed by atoms with E-state index < -0.39 is 25.9 Å². The van der Waals surface area contributed by atoms with Gasteiger partial charge in [-0.15, -0.1) is 0 Å². The second-order valence-electron chi connectivity index (χ2n) is 11.7. The molecule has 1 amide bonds. The Balaban J connectivity index is 1.43. The summed E-state index contributed by atoms with van der Waals surface area (Å²) in [5.74, 6) is -0.100. The molecule has 2 aromatic carbocycles. The number of alkyl halides is 3. The van der Waals surface area contributed by atoms with E-state index in [1.807, 2.05) is 39.0 Å². The molecule has 0 saturated heterocycles. The van der Waals surface area contributed by atoms with E-state index in [4.69, 9.17) is 18.5 Å². The van der Waals surface area contributed by atoms with Crippen LogP contribution < -0.4 is 15.4 Å². The molecular formula is C34H43F3N5O5P. The van der Waals surface area contributed by atoms with E-state index in [2.05, 4.69) is 20.6 Å². The Kier molecular flexibility index (Phi) is 11.8. The molecular weight excluding hydrogens is 646 g/mol. The zero-order valence-corrected chi connectivity index (χ0v) is 28.8. The van der Waals surface area contributed by atoms with Crippen molar-refractivity contribution in [1.29, 1.82) is 0 Å². The van der Waals surface area contributed by atoms with Crippen LogP contribution in [0.25, 0.3) is 0 Å². The first-order valence-electron chi connectivity index (χ1n) is 16.3. The van der Waals surface area contributed by atoms with Gasteiger partial charge >= 0.3 is 6.18 Å². The second-order valence-corrected chi connectivity index (χ2v) is 13.2. The summed E-state index contributed by atoms with van der Waals surface area (Å²) in [7, 11) is 2.08. The van der Waals surface area contributed by atoms with Gasteiger partial charge in [-0.05, 0) is 87.3 Å². The molecule has 48 heavy (non-hydrogen) atoms. The van der Waals surface area contributed by atoms with Crippen molar-refractivity contribution in [2.45, 2.75) is 77.4 Å². The molecule has 1 fully saturated rings. The van der Waals surface area contributed by atoms with Crippen LogP contribution in [0.1, 0.15) is 85.0 Å². The van der Waals surface area contributed by atoms with Gasteiger partial charge in [0.25, 0.3) is 5.91 Å². The zero-order chi connectivity index (χ0) is 34.4. The minimum absolute atomic E-state index is 0.0785. The lowest BCUT2D eigenvalue weighted by Gasteiger charge is -2.30. The van der Waals surface area contributed by atoms with Gasteiger partial charge in [-0.2, -0.15) is 18.2 Å². The minimum atomic E-state index is -4.75. The number of rotatable bonds is 14. The number of aromatic nitrogens is 2. The number of nitrogens with one attached hydrogen (secondary N) is 2. The first-order chi connectivity index (χ1) is 23.1. The molecule has 2 N–H and O–H groups in total. The monoisotopic (exact) mass is 689 g/mol. The number of ether oxygens (including phenoxy) is 2. The van der Waals surface area contributed by atoms with Crippen molar-refractivity contribution in [2.24, 2.45) is 0 Å². The quantitative estimate of drug-likeness (QED) is 0.161. The molecule has 2 aliphatic rings. The zero-order valence-electron chi connectivity index (χ0n) is 27.9. The highest BCUT2D eigenvalue weighted by molar-refractivity contribution is 7.46. The van der Waals surface area contributed by atoms with Gasteiger partial charge in [-0.1, -0.05) is 12.1 Å². The molecule has 14 heteroatoms. The molecule has 0 atom stereocenters. The Labute approximate surface area is 280 Å². The standard InChI is InChI=1S/C34H43F3N5O5P/c1-6-45-23-12-10-22(11-13-23)24-14-16-28(30-25(24)19-42(4)32(30)43)39-31-26(34(35,36)37)18-38-33(41-31)40-27-15-9-21(17-29(27)44-5)20-48(46-7-2)47-8-3/h9,14-18,22-23H,6-8,10-13,19-20H2,1-5H3,(H2,38,39,40,41)/t22-,23+. The summed E-state index contributed by atoms with van der Waals surface area (Å²) in [5, 5.41) is 5.85. The van der Waals surface area contributed by atoms with Crippen molar-refractivity contribution < 1.29 is 36.5 Å². The topological polar surface area (TPSA) is 107 Å². The summed E-state index contributed by atoms with van der Waals surface area (Å²) in [4.78, 5) is 23.2. The van der Waals surface area contributed by atoms with Gasteiger partial charge in [0, 0.05) is 32.6 Å². The van der Waals surface area contributed by atoms with Gasteiger partial charge in [0.1, 0.15) is 17.1 Å². The van der Waals surface area contributed by atoms with Crippen LogP contribution in [0.5, 0.6) is 5.75 Å². The van der Waals surface area contributed by atoms with Gasteiger partial charge in [0.15, 0.2) is 8.38 Å². The Morgan fingerprint density at radius 3 is 2.33 bits per heavy atom. The molecule has 260 valence electrons. The number of fused-ring (bicyclic) bond motifs is 1. The third-order valence-corrected chi connectivity index (χ3v) is 10.3. The fourth-order valence-corrected chi connectivity index (χ4v) is 7.66. The van der Waals surface area contributed by atoms with Crippen LogP contribution in [0, 0.1) is 0 Å². The Morgan fingerprint density at radius 2 is 1.69 bits per heavy atom. The summed E-state index contributed by atoms with van der Waals surface area (Å²) >= 11 is 0. The maximum Gasteiger partial charge on any atom is 0.421 e. The molecule has 0 unspecified atom stereocenters. The van der Waals surface area contributed by atoms with Gasteiger partial charge < -0.3 is 34.1 Å². The number of carbonyl (C=O) groups excluding carboxylic acids is 1. The Morgan fingerprint density at radius 1 is 0.979 bits per heavy atom. The number of carbonyl (C=O) groups is 1. The number of hydrogen-bond donors (Lipinski definition) is 2. The van der Waals surface area contributed by atoms with Crippen LogP contribution in [0.2, 0.25) is 0 Å². The first kappa shape index (κ1) is 35.8. The van der Waals surface area contributed by atoms with Crippen molar-refractivity contribution in [3.63, 3.8) is 0 Å². The molecule has 0 bridgehead atoms. The first-order valence-corrected chi connectivity index (χ1v) is 17.6. The molecule has 1 aliphatic carbocycles. The van der Waals surface area contributed by atoms with Crippen LogP contribution in [-0.2, 0) is 32.7 Å². The average Bonchev–Trinajstić information content (AvgIpc) is 3.36. The number of halogens is 3. The summed E-state index contributed by atoms with van der Waals surface area (Å²) < 4.78 is 65.5. The second kappa shape index (κ2) is 15.8. The number of hydrogen-bond acceptors (Lipinski definition) is 9. The van der Waals surface area contributed by atoms with E-state index in [9.17, 15) is 18.0 Å². The fourth-order valence-electron chi connectivity index (χ4n) is 6.34. The SMILES string of the molecule is CCOP(Cc1ccc(Nc2ncc(C(F)(F)F)c(Nc3ccc([C@H]4CC[C@@H](OCC)CC4)c4c3C(=O)N(C)C4)n2)c(OC)c1)OCC. The predicted molar refractivity (Wildman–Crippen MR) is 179 cm³/mol. The predicted octanol–water partition coefficient (Wildman–Crippen LogP) is 8.52. The number of amides is 1. The lowest BCUT2D eigenvalue weighted by Crippen LogP contribution is -2.21. The Bertz CT molecular complexity index is 1580. The van der Waals surface area contributed by atoms with Crippen LogP contribution in [0.15, 0.2) is 36.5 Å². The van der Waals surface area contributed by atoms with Gasteiger partial charge in [0.05, 0.1) is 43.4 Å². The van der Waals surface area contributed by atoms with Crippen LogP contribution >= 0.6 is 8.38 Å². The fraction of sp³-hybridized carbons (Fsp3) is 0.500. The Hall–Kier alpha value is -3.51. The molecule has 0 spiro atoms. The number of nitrogens with zero attached hydrogens (tertiary/aromatic N) is 3. The largest absolute Gasteiger partial charge is 0.495 e. The smallest absolute Gasteiger partial charge is 0.421 e. The van der Waals surface area contributed by atoms with Gasteiger partial charge in [-0.25, -0.2) is 4.98 Å². The van der Waals surface area contributed by atoms with Crippen LogP contribution in [-0.4, -0.2) is 60.9 Å². The van der Waals surface area contributed by atoms with Crippen molar-refractivity contribution >= 4 is 37.4 Å². The van der Waals surface area contributed by atoms with Crippen molar-refractivity contribution in [1.82, 2.24) is 14.9 Å². The van der Waals surface area contributed by atoms with E-state index in [0.717, 1.165) is 48.6 Å². The molecule has 1 saturated carbocycles. The van der Waals surface area contributed by atoms with Gasteiger partial charge in [0.2, 0.25) is 5.95 Å². The molecule has 1 aliphatic heterocycles. The van der Waals surface area contributed by atoms with E-state index in [0.29, 0.717) is 49.5 Å². The average molecular weight is 690 g/mol. The molecule has 2 heterocycles. The minimum Gasteiger partial charge on any atom is -0.495 e. The molecule has 0 radical (unpaired) electrons. The normalized spacial score (nSPS) is 17.9. The number of methoxy groups -OCH3 is 1. The van der Waals surface area contributed by atoms with E-state index >= 15 is 0 Å². The maximum atomic E-state index is 14.2. The molecule has 5 rings (SSSR count). The molecule has 10 nitrogen and oxygen atoms in total. The van der Waals surface area contributed by atoms with Crippen LogP contribution in [0.4, 0.5) is 36.3 Å². The lowest BCUT2D eigenvalue weighted by atomic mass is 9.80. The van der Waals surface area contributed by atoms with Gasteiger partial charge in [-0.3, -0.25) is 4.79 Å². The molecule has 1 aromatic heterocycles. The van der Waals surface area contributed by atoms with Crippen molar-refractivity contribution in [3.05, 3.63) is 64.3 Å². The van der Waals surface area contributed by atoms with E-state index in [1.54, 1.807) is 24.1 Å². The summed E-state index contributed by atoms with van der Waals surface area (Å²) in [5.41, 5.74) is 2.87. The summed E-state index contributed by atoms with van der Waals surface area (Å²) in [6.07, 6.45) is 0.466.